The molecule has 2 aromatic rings. The van der Waals surface area contributed by atoms with Gasteiger partial charge >= 0.3 is 0 Å². The number of nitrogens with two attached hydrogens (primary N) is 1. The highest BCUT2D eigenvalue weighted by molar-refractivity contribution is 6.05. The number of aryl methyl sites for hydroxylation is 3. The summed E-state index contributed by atoms with van der Waals surface area (Å²) in [6.45, 7) is 6.00. The molecular formula is C17H20N2O. The molecule has 0 radical (unpaired) electrons. The summed E-state index contributed by atoms with van der Waals surface area (Å²) in [5, 5.41) is 3.00. The minimum atomic E-state index is -0.124. The van der Waals surface area contributed by atoms with Crippen LogP contribution in [-0.2, 0) is 6.42 Å². The van der Waals surface area contributed by atoms with Gasteiger partial charge in [-0.25, -0.2) is 0 Å². The summed E-state index contributed by atoms with van der Waals surface area (Å²) in [5.41, 5.74) is 11.2. The first kappa shape index (κ1) is 14.1. The Morgan fingerprint density at radius 2 is 1.90 bits per heavy atom. The van der Waals surface area contributed by atoms with Crippen molar-refractivity contribution in [3.8, 4) is 0 Å². The highest BCUT2D eigenvalue weighted by Crippen LogP contribution is 2.22. The third-order valence-corrected chi connectivity index (χ3v) is 3.52. The van der Waals surface area contributed by atoms with Crippen LogP contribution in [0, 0.1) is 13.8 Å². The number of nitrogens with one attached hydrogen (secondary N) is 1. The van der Waals surface area contributed by atoms with Crippen LogP contribution in [0.1, 0.15) is 34.0 Å². The minimum absolute atomic E-state index is 0.124. The van der Waals surface area contributed by atoms with E-state index in [1.54, 1.807) is 12.1 Å². The van der Waals surface area contributed by atoms with Gasteiger partial charge in [-0.05, 0) is 49.1 Å². The summed E-state index contributed by atoms with van der Waals surface area (Å²) < 4.78 is 0. The van der Waals surface area contributed by atoms with Crippen molar-refractivity contribution in [1.29, 1.82) is 0 Å². The second kappa shape index (κ2) is 5.78. The fraction of sp³-hybridized carbons (Fsp3) is 0.235. The smallest absolute Gasteiger partial charge is 0.255 e. The fourth-order valence-corrected chi connectivity index (χ4v) is 2.17. The lowest BCUT2D eigenvalue weighted by Gasteiger charge is -2.13. The fourth-order valence-electron chi connectivity index (χ4n) is 2.17. The van der Waals surface area contributed by atoms with Crippen LogP contribution in [-0.4, -0.2) is 5.91 Å². The monoisotopic (exact) mass is 268 g/mol. The highest BCUT2D eigenvalue weighted by Gasteiger charge is 2.11. The molecule has 0 bridgehead atoms. The van der Waals surface area contributed by atoms with Gasteiger partial charge in [-0.2, -0.15) is 0 Å². The molecule has 3 nitrogen and oxygen atoms in total. The van der Waals surface area contributed by atoms with Gasteiger partial charge in [0.25, 0.3) is 5.91 Å². The third-order valence-electron chi connectivity index (χ3n) is 3.52. The first-order chi connectivity index (χ1) is 9.52. The molecule has 0 unspecified atom stereocenters. The van der Waals surface area contributed by atoms with Crippen molar-refractivity contribution in [3.63, 3.8) is 0 Å². The molecule has 0 spiro atoms. The molecule has 104 valence electrons. The van der Waals surface area contributed by atoms with Gasteiger partial charge in [0, 0.05) is 16.9 Å². The van der Waals surface area contributed by atoms with Crippen LogP contribution in [0.15, 0.2) is 36.4 Å². The van der Waals surface area contributed by atoms with E-state index >= 15 is 0 Å². The second-order valence-corrected chi connectivity index (χ2v) is 4.99. The molecule has 0 heterocycles. The quantitative estimate of drug-likeness (QED) is 0.834. The topological polar surface area (TPSA) is 55.1 Å². The molecule has 2 aromatic carbocycles. The average molecular weight is 268 g/mol. The van der Waals surface area contributed by atoms with E-state index < -0.39 is 0 Å². The van der Waals surface area contributed by atoms with Crippen molar-refractivity contribution < 1.29 is 4.79 Å². The van der Waals surface area contributed by atoms with Crippen LogP contribution < -0.4 is 11.1 Å². The second-order valence-electron chi connectivity index (χ2n) is 4.99. The molecule has 3 heteroatoms. The summed E-state index contributed by atoms with van der Waals surface area (Å²) in [6, 6.07) is 11.4. The van der Waals surface area contributed by atoms with Crippen LogP contribution in [0.2, 0.25) is 0 Å². The number of amides is 1. The van der Waals surface area contributed by atoms with Gasteiger partial charge < -0.3 is 11.1 Å². The zero-order chi connectivity index (χ0) is 14.7. The Hall–Kier alpha value is -2.29. The first-order valence-electron chi connectivity index (χ1n) is 6.79. The molecule has 0 aliphatic heterocycles. The van der Waals surface area contributed by atoms with E-state index in [0.717, 1.165) is 28.8 Å². The van der Waals surface area contributed by atoms with E-state index in [1.807, 2.05) is 38.1 Å². The van der Waals surface area contributed by atoms with E-state index in [9.17, 15) is 4.79 Å². The van der Waals surface area contributed by atoms with Crippen LogP contribution in [0.4, 0.5) is 11.4 Å². The predicted octanol–water partition coefficient (Wildman–Crippen LogP) is 3.70. The number of rotatable bonds is 3. The number of carbonyl (C=O) groups is 1. The standard InChI is InChI=1S/C17H20N2O/c1-4-13-7-5-6-12(3)16(13)19-17(20)14-9-8-11(2)15(18)10-14/h5-10H,4,18H2,1-3H3,(H,19,20). The Morgan fingerprint density at radius 3 is 2.55 bits per heavy atom. The lowest BCUT2D eigenvalue weighted by Crippen LogP contribution is -2.14. The molecule has 0 fully saturated rings. The molecule has 0 atom stereocenters. The zero-order valence-corrected chi connectivity index (χ0v) is 12.2. The van der Waals surface area contributed by atoms with E-state index in [1.165, 1.54) is 0 Å². The van der Waals surface area contributed by atoms with Crippen molar-refractivity contribution >= 4 is 17.3 Å². The summed E-state index contributed by atoms with van der Waals surface area (Å²) in [6.07, 6.45) is 0.882. The number of carbonyl (C=O) groups excluding carboxylic acids is 1. The number of para-hydroxylation sites is 1. The van der Waals surface area contributed by atoms with Gasteiger partial charge in [0.15, 0.2) is 0 Å². The lowest BCUT2D eigenvalue weighted by atomic mass is 10.0. The molecule has 0 saturated heterocycles. The largest absolute Gasteiger partial charge is 0.398 e. The van der Waals surface area contributed by atoms with E-state index in [-0.39, 0.29) is 5.91 Å². The highest BCUT2D eigenvalue weighted by atomic mass is 16.1. The Kier molecular flexibility index (Phi) is 4.08. The van der Waals surface area contributed by atoms with Crippen LogP contribution >= 0.6 is 0 Å². The van der Waals surface area contributed by atoms with Gasteiger partial charge in [0.2, 0.25) is 0 Å². The van der Waals surface area contributed by atoms with Crippen LogP contribution in [0.25, 0.3) is 0 Å². The van der Waals surface area contributed by atoms with Crippen LogP contribution in [0.5, 0.6) is 0 Å². The Labute approximate surface area is 119 Å². The molecule has 0 aliphatic carbocycles. The average Bonchev–Trinajstić information content (AvgIpc) is 2.44. The summed E-state index contributed by atoms with van der Waals surface area (Å²) in [7, 11) is 0. The van der Waals surface area contributed by atoms with Gasteiger partial charge in [0.1, 0.15) is 0 Å². The van der Waals surface area contributed by atoms with Gasteiger partial charge in [-0.15, -0.1) is 0 Å². The predicted molar refractivity (Wildman–Crippen MR) is 84.1 cm³/mol. The maximum Gasteiger partial charge on any atom is 0.255 e. The Balaban J connectivity index is 2.30. The van der Waals surface area contributed by atoms with Crippen LogP contribution in [0.3, 0.4) is 0 Å². The van der Waals surface area contributed by atoms with Gasteiger partial charge in [0.05, 0.1) is 0 Å². The minimum Gasteiger partial charge on any atom is -0.398 e. The van der Waals surface area contributed by atoms with Crippen molar-refractivity contribution in [3.05, 3.63) is 58.7 Å². The molecule has 0 aromatic heterocycles. The molecule has 1 amide bonds. The maximum absolute atomic E-state index is 12.3. The Morgan fingerprint density at radius 1 is 1.15 bits per heavy atom. The van der Waals surface area contributed by atoms with Crippen molar-refractivity contribution in [2.24, 2.45) is 0 Å². The summed E-state index contributed by atoms with van der Waals surface area (Å²) in [5.74, 6) is -0.124. The number of hydrogen-bond acceptors (Lipinski definition) is 2. The zero-order valence-electron chi connectivity index (χ0n) is 12.2. The van der Waals surface area contributed by atoms with Gasteiger partial charge in [-0.1, -0.05) is 31.2 Å². The molecule has 2 rings (SSSR count). The molecular weight excluding hydrogens is 248 g/mol. The van der Waals surface area contributed by atoms with Crippen molar-refractivity contribution in [2.75, 3.05) is 11.1 Å². The number of hydrogen-bond donors (Lipinski definition) is 2. The van der Waals surface area contributed by atoms with Gasteiger partial charge in [-0.3, -0.25) is 4.79 Å². The van der Waals surface area contributed by atoms with Crippen molar-refractivity contribution in [1.82, 2.24) is 0 Å². The van der Waals surface area contributed by atoms with Crippen molar-refractivity contribution in [2.45, 2.75) is 27.2 Å². The third kappa shape index (κ3) is 2.82. The number of benzene rings is 2. The van der Waals surface area contributed by atoms with E-state index in [2.05, 4.69) is 12.2 Å². The lowest BCUT2D eigenvalue weighted by molar-refractivity contribution is 0.102. The van der Waals surface area contributed by atoms with E-state index in [4.69, 9.17) is 5.73 Å². The molecule has 0 saturated carbocycles. The molecule has 0 aliphatic rings. The first-order valence-corrected chi connectivity index (χ1v) is 6.79. The normalized spacial score (nSPS) is 10.3. The number of nitrogen functional groups attached to an aromatic ring is 1. The maximum atomic E-state index is 12.3. The summed E-state index contributed by atoms with van der Waals surface area (Å²) in [4.78, 5) is 12.3. The molecule has 3 N–H and O–H groups in total. The SMILES string of the molecule is CCc1cccc(C)c1NC(=O)c1ccc(C)c(N)c1. The van der Waals surface area contributed by atoms with E-state index in [0.29, 0.717) is 11.3 Å². The summed E-state index contributed by atoms with van der Waals surface area (Å²) >= 11 is 0. The molecule has 20 heavy (non-hydrogen) atoms. The Bertz CT molecular complexity index is 647. The number of anilines is 2.